The quantitative estimate of drug-likeness (QED) is 0.526. The molecule has 0 amide bonds. The van der Waals surface area contributed by atoms with Crippen LogP contribution in [0.1, 0.15) is 5.56 Å². The summed E-state index contributed by atoms with van der Waals surface area (Å²) in [6.45, 7) is 0. The molecule has 0 atom stereocenters. The molecule has 0 saturated heterocycles. The van der Waals surface area contributed by atoms with Crippen LogP contribution in [0.2, 0.25) is 0 Å². The second-order valence-corrected chi connectivity index (χ2v) is 6.25. The van der Waals surface area contributed by atoms with Crippen molar-refractivity contribution in [2.24, 2.45) is 5.10 Å². The SMILES string of the molecule is CN(C)c1ccc(/C=N\n2cnc3c(cnn3-c3ccccc3)c2=O)cc1. The molecule has 0 aliphatic heterocycles. The molecule has 0 aliphatic rings. The fourth-order valence-corrected chi connectivity index (χ4v) is 2.73. The molecule has 4 aromatic rings. The van der Waals surface area contributed by atoms with Crippen molar-refractivity contribution in [2.75, 3.05) is 19.0 Å². The van der Waals surface area contributed by atoms with Crippen LogP contribution in [0.3, 0.4) is 0 Å². The molecule has 7 heteroatoms. The van der Waals surface area contributed by atoms with Gasteiger partial charge in [0.1, 0.15) is 11.7 Å². The van der Waals surface area contributed by atoms with Gasteiger partial charge in [-0.05, 0) is 29.8 Å². The molecule has 2 aromatic carbocycles. The third-order valence-electron chi connectivity index (χ3n) is 4.21. The van der Waals surface area contributed by atoms with Gasteiger partial charge in [-0.1, -0.05) is 30.3 Å². The maximum Gasteiger partial charge on any atom is 0.285 e. The summed E-state index contributed by atoms with van der Waals surface area (Å²) in [7, 11) is 3.97. The second kappa shape index (κ2) is 6.87. The smallest absolute Gasteiger partial charge is 0.285 e. The van der Waals surface area contributed by atoms with Crippen molar-refractivity contribution in [3.8, 4) is 5.69 Å². The Kier molecular flexibility index (Phi) is 4.25. The molecule has 0 saturated carbocycles. The molecule has 0 bridgehead atoms. The number of hydrogen-bond acceptors (Lipinski definition) is 5. The van der Waals surface area contributed by atoms with Crippen molar-refractivity contribution in [1.29, 1.82) is 0 Å². The van der Waals surface area contributed by atoms with Crippen molar-refractivity contribution < 1.29 is 0 Å². The van der Waals surface area contributed by atoms with Crippen LogP contribution in [-0.4, -0.2) is 39.8 Å². The first kappa shape index (κ1) is 16.7. The van der Waals surface area contributed by atoms with E-state index in [4.69, 9.17) is 0 Å². The molecule has 0 unspecified atom stereocenters. The Bertz CT molecular complexity index is 1160. The van der Waals surface area contributed by atoms with Crippen molar-refractivity contribution in [3.05, 3.63) is 83.0 Å². The Morgan fingerprint density at radius 2 is 1.78 bits per heavy atom. The molecule has 7 nitrogen and oxygen atoms in total. The zero-order valence-corrected chi connectivity index (χ0v) is 15.0. The highest BCUT2D eigenvalue weighted by Gasteiger charge is 2.10. The summed E-state index contributed by atoms with van der Waals surface area (Å²) in [5, 5.41) is 8.96. The van der Waals surface area contributed by atoms with Gasteiger partial charge in [-0.3, -0.25) is 4.79 Å². The van der Waals surface area contributed by atoms with E-state index in [0.29, 0.717) is 11.0 Å². The van der Waals surface area contributed by atoms with Crippen LogP contribution in [0.15, 0.2) is 77.0 Å². The largest absolute Gasteiger partial charge is 0.378 e. The van der Waals surface area contributed by atoms with Gasteiger partial charge >= 0.3 is 0 Å². The van der Waals surface area contributed by atoms with Gasteiger partial charge < -0.3 is 4.90 Å². The van der Waals surface area contributed by atoms with E-state index in [0.717, 1.165) is 16.9 Å². The summed E-state index contributed by atoms with van der Waals surface area (Å²) in [5.74, 6) is 0. The van der Waals surface area contributed by atoms with Gasteiger partial charge in [0.25, 0.3) is 5.56 Å². The van der Waals surface area contributed by atoms with E-state index < -0.39 is 0 Å². The monoisotopic (exact) mass is 358 g/mol. The minimum Gasteiger partial charge on any atom is -0.378 e. The number of nitrogens with zero attached hydrogens (tertiary/aromatic N) is 6. The number of fused-ring (bicyclic) bond motifs is 1. The fraction of sp³-hybridized carbons (Fsp3) is 0.100. The zero-order chi connectivity index (χ0) is 18.8. The van der Waals surface area contributed by atoms with Crippen LogP contribution < -0.4 is 10.5 Å². The number of aromatic nitrogens is 4. The standard InChI is InChI=1S/C20H18N6O/c1-24(2)16-10-8-15(9-11-16)12-22-25-14-21-19-18(20(25)27)13-23-26(19)17-6-4-3-5-7-17/h3-14H,1-2H3/b22-12-. The molecule has 0 radical (unpaired) electrons. The second-order valence-electron chi connectivity index (χ2n) is 6.25. The maximum absolute atomic E-state index is 12.7. The van der Waals surface area contributed by atoms with Crippen molar-refractivity contribution in [1.82, 2.24) is 19.4 Å². The molecule has 0 aliphatic carbocycles. The van der Waals surface area contributed by atoms with Crippen LogP contribution in [-0.2, 0) is 0 Å². The summed E-state index contributed by atoms with van der Waals surface area (Å²) >= 11 is 0. The lowest BCUT2D eigenvalue weighted by Crippen LogP contribution is -2.17. The molecule has 27 heavy (non-hydrogen) atoms. The number of benzene rings is 2. The van der Waals surface area contributed by atoms with E-state index in [9.17, 15) is 4.79 Å². The normalized spacial score (nSPS) is 11.3. The highest BCUT2D eigenvalue weighted by Crippen LogP contribution is 2.13. The molecule has 4 rings (SSSR count). The van der Waals surface area contributed by atoms with E-state index in [2.05, 4.69) is 15.2 Å². The molecule has 2 heterocycles. The van der Waals surface area contributed by atoms with Gasteiger partial charge in [0.2, 0.25) is 0 Å². The lowest BCUT2D eigenvalue weighted by atomic mass is 10.2. The molecule has 2 aromatic heterocycles. The first-order valence-electron chi connectivity index (χ1n) is 8.46. The minimum absolute atomic E-state index is 0.261. The van der Waals surface area contributed by atoms with Gasteiger partial charge in [-0.15, -0.1) is 0 Å². The van der Waals surface area contributed by atoms with Crippen LogP contribution in [0.25, 0.3) is 16.7 Å². The third-order valence-corrected chi connectivity index (χ3v) is 4.21. The predicted molar refractivity (Wildman–Crippen MR) is 107 cm³/mol. The van der Waals surface area contributed by atoms with Gasteiger partial charge in [0.05, 0.1) is 18.1 Å². The Labute approximate surface area is 155 Å². The van der Waals surface area contributed by atoms with E-state index >= 15 is 0 Å². The number of anilines is 1. The number of rotatable bonds is 4. The lowest BCUT2D eigenvalue weighted by Gasteiger charge is -2.11. The molecule has 0 spiro atoms. The van der Waals surface area contributed by atoms with Crippen molar-refractivity contribution >= 4 is 22.9 Å². The van der Waals surface area contributed by atoms with Gasteiger partial charge in [0.15, 0.2) is 5.65 Å². The number of hydrogen-bond donors (Lipinski definition) is 0. The lowest BCUT2D eigenvalue weighted by molar-refractivity contribution is 0.809. The highest BCUT2D eigenvalue weighted by molar-refractivity contribution is 5.80. The van der Waals surface area contributed by atoms with E-state index in [1.807, 2.05) is 73.6 Å². The van der Waals surface area contributed by atoms with Gasteiger partial charge in [-0.25, -0.2) is 9.67 Å². The highest BCUT2D eigenvalue weighted by atomic mass is 16.1. The molecular formula is C20H18N6O. The summed E-state index contributed by atoms with van der Waals surface area (Å²) in [4.78, 5) is 19.1. The summed E-state index contributed by atoms with van der Waals surface area (Å²) < 4.78 is 2.87. The molecule has 0 N–H and O–H groups in total. The van der Waals surface area contributed by atoms with E-state index in [-0.39, 0.29) is 5.56 Å². The first-order chi connectivity index (χ1) is 13.1. The van der Waals surface area contributed by atoms with Crippen molar-refractivity contribution in [2.45, 2.75) is 0 Å². The van der Waals surface area contributed by atoms with Crippen LogP contribution >= 0.6 is 0 Å². The Hall–Kier alpha value is -3.74. The zero-order valence-electron chi connectivity index (χ0n) is 15.0. The maximum atomic E-state index is 12.7. The van der Waals surface area contributed by atoms with Crippen LogP contribution in [0, 0.1) is 0 Å². The molecular weight excluding hydrogens is 340 g/mol. The molecule has 134 valence electrons. The minimum atomic E-state index is -0.261. The number of para-hydroxylation sites is 1. The Morgan fingerprint density at radius 1 is 1.04 bits per heavy atom. The Morgan fingerprint density at radius 3 is 2.48 bits per heavy atom. The summed E-state index contributed by atoms with van der Waals surface area (Å²) in [6, 6.07) is 17.5. The average molecular weight is 358 g/mol. The summed E-state index contributed by atoms with van der Waals surface area (Å²) in [6.07, 6.45) is 4.57. The van der Waals surface area contributed by atoms with Gasteiger partial charge in [-0.2, -0.15) is 14.9 Å². The van der Waals surface area contributed by atoms with Crippen LogP contribution in [0.4, 0.5) is 5.69 Å². The average Bonchev–Trinajstić information content (AvgIpc) is 3.13. The fourth-order valence-electron chi connectivity index (χ4n) is 2.73. The topological polar surface area (TPSA) is 68.3 Å². The predicted octanol–water partition coefficient (Wildman–Crippen LogP) is 2.53. The third kappa shape index (κ3) is 3.22. The van der Waals surface area contributed by atoms with E-state index in [1.165, 1.54) is 17.2 Å². The summed E-state index contributed by atoms with van der Waals surface area (Å²) in [5.41, 5.74) is 3.09. The van der Waals surface area contributed by atoms with E-state index in [1.54, 1.807) is 10.9 Å². The van der Waals surface area contributed by atoms with Crippen LogP contribution in [0.5, 0.6) is 0 Å². The van der Waals surface area contributed by atoms with Gasteiger partial charge in [0, 0.05) is 19.8 Å². The van der Waals surface area contributed by atoms with Crippen molar-refractivity contribution in [3.63, 3.8) is 0 Å². The Balaban J connectivity index is 1.67. The first-order valence-corrected chi connectivity index (χ1v) is 8.46. The molecule has 0 fully saturated rings.